The third-order valence-corrected chi connectivity index (χ3v) is 2.67. The molecule has 0 aromatic carbocycles. The topological polar surface area (TPSA) is 67.7 Å². The second-order valence-electron chi connectivity index (χ2n) is 4.39. The van der Waals surface area contributed by atoms with Gasteiger partial charge in [0.2, 0.25) is 5.95 Å². The Morgan fingerprint density at radius 2 is 2.16 bits per heavy atom. The lowest BCUT2D eigenvalue weighted by molar-refractivity contribution is 0.767. The fourth-order valence-electron chi connectivity index (χ4n) is 1.72. The van der Waals surface area contributed by atoms with E-state index in [0.29, 0.717) is 5.95 Å². The first-order chi connectivity index (χ1) is 9.28. The molecule has 0 aliphatic rings. The molecule has 0 unspecified atom stereocenters. The van der Waals surface area contributed by atoms with Crippen molar-refractivity contribution in [3.63, 3.8) is 0 Å². The Morgan fingerprint density at radius 1 is 1.26 bits per heavy atom. The number of nitrogens with zero attached hydrogens (tertiary/aromatic N) is 4. The summed E-state index contributed by atoms with van der Waals surface area (Å²) in [4.78, 5) is 8.56. The highest BCUT2D eigenvalue weighted by atomic mass is 15.2. The molecule has 2 aromatic heterocycles. The van der Waals surface area contributed by atoms with Gasteiger partial charge in [-0.1, -0.05) is 6.92 Å². The molecule has 2 aromatic rings. The van der Waals surface area contributed by atoms with Gasteiger partial charge in [-0.25, -0.2) is 4.98 Å². The number of rotatable bonds is 7. The van der Waals surface area contributed by atoms with Gasteiger partial charge in [0.25, 0.3) is 0 Å². The first-order valence-electron chi connectivity index (χ1n) is 6.56. The Kier molecular flexibility index (Phi) is 4.72. The van der Waals surface area contributed by atoms with Gasteiger partial charge in [0.1, 0.15) is 5.82 Å². The maximum absolute atomic E-state index is 4.39. The fourth-order valence-corrected chi connectivity index (χ4v) is 1.72. The molecule has 0 saturated heterocycles. The Morgan fingerprint density at radius 3 is 2.89 bits per heavy atom. The van der Waals surface area contributed by atoms with Crippen LogP contribution in [0, 0.1) is 0 Å². The highest BCUT2D eigenvalue weighted by molar-refractivity contribution is 5.39. The predicted molar refractivity (Wildman–Crippen MR) is 76.2 cm³/mol. The van der Waals surface area contributed by atoms with E-state index in [1.54, 1.807) is 6.20 Å². The summed E-state index contributed by atoms with van der Waals surface area (Å²) in [5.41, 5.74) is 1.22. The van der Waals surface area contributed by atoms with Crippen molar-refractivity contribution in [1.29, 1.82) is 0 Å². The van der Waals surface area contributed by atoms with Gasteiger partial charge in [-0.05, 0) is 24.5 Å². The molecule has 6 heteroatoms. The standard InChI is InChI=1S/C13H20N6/c1-3-6-15-13-16-8-5-12(18-13)14-7-4-11-9-17-19(2)10-11/h5,8-10H,3-4,6-7H2,1-2H3,(H2,14,15,16,18). The largest absolute Gasteiger partial charge is 0.370 e. The minimum Gasteiger partial charge on any atom is -0.370 e. The van der Waals surface area contributed by atoms with Crippen molar-refractivity contribution in [2.75, 3.05) is 23.7 Å². The van der Waals surface area contributed by atoms with E-state index in [1.807, 2.05) is 30.2 Å². The van der Waals surface area contributed by atoms with E-state index in [0.717, 1.165) is 31.7 Å². The number of hydrogen-bond donors (Lipinski definition) is 2. The minimum absolute atomic E-state index is 0.674. The van der Waals surface area contributed by atoms with Gasteiger partial charge in [-0.3, -0.25) is 4.68 Å². The van der Waals surface area contributed by atoms with Crippen molar-refractivity contribution in [3.8, 4) is 0 Å². The zero-order valence-corrected chi connectivity index (χ0v) is 11.4. The number of aromatic nitrogens is 4. The zero-order valence-electron chi connectivity index (χ0n) is 11.4. The molecule has 2 heterocycles. The summed E-state index contributed by atoms with van der Waals surface area (Å²) in [5.74, 6) is 1.52. The van der Waals surface area contributed by atoms with Crippen LogP contribution in [0.4, 0.5) is 11.8 Å². The molecule has 0 amide bonds. The number of nitrogens with one attached hydrogen (secondary N) is 2. The molecule has 0 aliphatic heterocycles. The lowest BCUT2D eigenvalue weighted by Gasteiger charge is -2.07. The third kappa shape index (κ3) is 4.24. The summed E-state index contributed by atoms with van der Waals surface area (Å²) in [6.07, 6.45) is 7.65. The maximum Gasteiger partial charge on any atom is 0.224 e. The summed E-state index contributed by atoms with van der Waals surface area (Å²) >= 11 is 0. The van der Waals surface area contributed by atoms with Gasteiger partial charge in [-0.2, -0.15) is 10.1 Å². The van der Waals surface area contributed by atoms with Gasteiger partial charge < -0.3 is 10.6 Å². The van der Waals surface area contributed by atoms with Gasteiger partial charge in [0.05, 0.1) is 6.20 Å². The Balaban J connectivity index is 1.82. The van der Waals surface area contributed by atoms with Crippen molar-refractivity contribution in [1.82, 2.24) is 19.7 Å². The molecular formula is C13H20N6. The molecule has 2 N–H and O–H groups in total. The monoisotopic (exact) mass is 260 g/mol. The zero-order chi connectivity index (χ0) is 13.5. The van der Waals surface area contributed by atoms with E-state index in [4.69, 9.17) is 0 Å². The number of anilines is 2. The predicted octanol–water partition coefficient (Wildman–Crippen LogP) is 1.69. The molecular weight excluding hydrogens is 240 g/mol. The average molecular weight is 260 g/mol. The summed E-state index contributed by atoms with van der Waals surface area (Å²) in [6.45, 7) is 3.83. The van der Waals surface area contributed by atoms with Crippen LogP contribution < -0.4 is 10.6 Å². The second kappa shape index (κ2) is 6.72. The lowest BCUT2D eigenvalue weighted by atomic mass is 10.2. The number of hydrogen-bond acceptors (Lipinski definition) is 5. The van der Waals surface area contributed by atoms with Crippen LogP contribution in [0.2, 0.25) is 0 Å². The molecule has 0 fully saturated rings. The van der Waals surface area contributed by atoms with Crippen molar-refractivity contribution < 1.29 is 0 Å². The van der Waals surface area contributed by atoms with Crippen molar-refractivity contribution in [2.24, 2.45) is 7.05 Å². The molecule has 102 valence electrons. The van der Waals surface area contributed by atoms with E-state index < -0.39 is 0 Å². The molecule has 6 nitrogen and oxygen atoms in total. The summed E-state index contributed by atoms with van der Waals surface area (Å²) < 4.78 is 1.81. The Hall–Kier alpha value is -2.11. The van der Waals surface area contributed by atoms with Crippen LogP contribution in [0.1, 0.15) is 18.9 Å². The van der Waals surface area contributed by atoms with Gasteiger partial charge >= 0.3 is 0 Å². The third-order valence-electron chi connectivity index (χ3n) is 2.67. The van der Waals surface area contributed by atoms with Crippen molar-refractivity contribution in [3.05, 3.63) is 30.2 Å². The minimum atomic E-state index is 0.674. The SMILES string of the molecule is CCCNc1nccc(NCCc2cnn(C)c2)n1. The average Bonchev–Trinajstić information content (AvgIpc) is 2.83. The Labute approximate surface area is 113 Å². The maximum atomic E-state index is 4.39. The van der Waals surface area contributed by atoms with Crippen LogP contribution in [0.25, 0.3) is 0 Å². The van der Waals surface area contributed by atoms with E-state index in [1.165, 1.54) is 5.56 Å². The second-order valence-corrected chi connectivity index (χ2v) is 4.39. The van der Waals surface area contributed by atoms with Gasteiger partial charge in [-0.15, -0.1) is 0 Å². The quantitative estimate of drug-likeness (QED) is 0.793. The van der Waals surface area contributed by atoms with E-state index >= 15 is 0 Å². The van der Waals surface area contributed by atoms with Crippen LogP contribution in [0.5, 0.6) is 0 Å². The summed E-state index contributed by atoms with van der Waals surface area (Å²) in [6, 6.07) is 1.88. The first-order valence-corrected chi connectivity index (χ1v) is 6.56. The van der Waals surface area contributed by atoms with E-state index in [-0.39, 0.29) is 0 Å². The van der Waals surface area contributed by atoms with Crippen LogP contribution in [-0.4, -0.2) is 32.8 Å². The van der Waals surface area contributed by atoms with Crippen LogP contribution in [0.15, 0.2) is 24.7 Å². The summed E-state index contributed by atoms with van der Waals surface area (Å²) in [7, 11) is 1.92. The fraction of sp³-hybridized carbons (Fsp3) is 0.462. The highest BCUT2D eigenvalue weighted by Gasteiger charge is 1.99. The highest BCUT2D eigenvalue weighted by Crippen LogP contribution is 2.06. The van der Waals surface area contributed by atoms with Crippen LogP contribution >= 0.6 is 0 Å². The van der Waals surface area contributed by atoms with E-state index in [2.05, 4.69) is 32.6 Å². The molecule has 0 spiro atoms. The van der Waals surface area contributed by atoms with Crippen molar-refractivity contribution >= 4 is 11.8 Å². The summed E-state index contributed by atoms with van der Waals surface area (Å²) in [5, 5.41) is 10.6. The first kappa shape index (κ1) is 13.3. The van der Waals surface area contributed by atoms with Gasteiger partial charge in [0, 0.05) is 32.5 Å². The van der Waals surface area contributed by atoms with E-state index in [9.17, 15) is 0 Å². The molecule has 0 aliphatic carbocycles. The van der Waals surface area contributed by atoms with Crippen LogP contribution in [-0.2, 0) is 13.5 Å². The van der Waals surface area contributed by atoms with Gasteiger partial charge in [0.15, 0.2) is 0 Å². The normalized spacial score (nSPS) is 10.4. The molecule has 2 rings (SSSR count). The molecule has 0 bridgehead atoms. The smallest absolute Gasteiger partial charge is 0.224 e. The molecule has 19 heavy (non-hydrogen) atoms. The van der Waals surface area contributed by atoms with Crippen molar-refractivity contribution in [2.45, 2.75) is 19.8 Å². The number of aryl methyl sites for hydroxylation is 1. The molecule has 0 radical (unpaired) electrons. The molecule has 0 saturated carbocycles. The lowest BCUT2D eigenvalue weighted by Crippen LogP contribution is -2.09. The molecule has 0 atom stereocenters. The van der Waals surface area contributed by atoms with Crippen LogP contribution in [0.3, 0.4) is 0 Å². The Bertz CT molecular complexity index is 507.